The van der Waals surface area contributed by atoms with E-state index in [0.29, 0.717) is 24.6 Å². The molecule has 0 aromatic rings. The van der Waals surface area contributed by atoms with Crippen LogP contribution in [0.15, 0.2) is 0 Å². The normalized spacial score (nSPS) is 28.3. The Kier molecular flexibility index (Phi) is 6.61. The minimum Gasteiger partial charge on any atom is -0.389 e. The van der Waals surface area contributed by atoms with Gasteiger partial charge in [0.15, 0.2) is 0 Å². The van der Waals surface area contributed by atoms with Gasteiger partial charge in [-0.25, -0.2) is 0 Å². The zero-order valence-electron chi connectivity index (χ0n) is 12.5. The van der Waals surface area contributed by atoms with Crippen molar-refractivity contribution in [3.8, 4) is 0 Å². The van der Waals surface area contributed by atoms with E-state index in [4.69, 9.17) is 4.74 Å². The lowest BCUT2D eigenvalue weighted by molar-refractivity contribution is -0.0127. The highest BCUT2D eigenvalue weighted by molar-refractivity contribution is 4.82. The molecule has 3 atom stereocenters. The largest absolute Gasteiger partial charge is 0.389 e. The summed E-state index contributed by atoms with van der Waals surface area (Å²) < 4.78 is 5.74. The van der Waals surface area contributed by atoms with Gasteiger partial charge in [0.25, 0.3) is 0 Å². The molecule has 0 bridgehead atoms. The molecule has 3 unspecified atom stereocenters. The van der Waals surface area contributed by atoms with E-state index in [-0.39, 0.29) is 0 Å². The molecule has 1 heterocycles. The molecule has 1 fully saturated rings. The second-order valence-corrected chi connectivity index (χ2v) is 6.48. The summed E-state index contributed by atoms with van der Waals surface area (Å²) in [6, 6.07) is 0.508. The molecule has 0 aromatic heterocycles. The Morgan fingerprint density at radius 3 is 2.78 bits per heavy atom. The van der Waals surface area contributed by atoms with Crippen molar-refractivity contribution in [2.45, 2.75) is 77.5 Å². The predicted molar refractivity (Wildman–Crippen MR) is 75.8 cm³/mol. The van der Waals surface area contributed by atoms with Crippen LogP contribution in [0, 0.1) is 5.92 Å². The Labute approximate surface area is 112 Å². The number of hydrogen-bond donors (Lipinski definition) is 2. The molecule has 3 heteroatoms. The molecule has 2 N–H and O–H groups in total. The molecule has 108 valence electrons. The lowest BCUT2D eigenvalue weighted by Crippen LogP contribution is -2.46. The maximum absolute atomic E-state index is 10.3. The molecule has 1 aliphatic heterocycles. The molecular formula is C15H31NO2. The van der Waals surface area contributed by atoms with Crippen LogP contribution >= 0.6 is 0 Å². The quantitative estimate of drug-likeness (QED) is 0.737. The minimum absolute atomic E-state index is 0.413. The van der Waals surface area contributed by atoms with Gasteiger partial charge in [-0.1, -0.05) is 27.2 Å². The fraction of sp³-hybridized carbons (Fsp3) is 1.00. The van der Waals surface area contributed by atoms with Gasteiger partial charge >= 0.3 is 0 Å². The van der Waals surface area contributed by atoms with E-state index in [1.54, 1.807) is 0 Å². The van der Waals surface area contributed by atoms with E-state index in [1.807, 2.05) is 6.92 Å². The number of ether oxygens (including phenoxy) is 1. The maximum Gasteiger partial charge on any atom is 0.0746 e. The van der Waals surface area contributed by atoms with E-state index in [1.165, 1.54) is 6.42 Å². The number of rotatable bonds is 7. The van der Waals surface area contributed by atoms with E-state index in [0.717, 1.165) is 32.3 Å². The summed E-state index contributed by atoms with van der Waals surface area (Å²) in [5.74, 6) is 0.532. The molecule has 3 nitrogen and oxygen atoms in total. The molecule has 0 saturated carbocycles. The van der Waals surface area contributed by atoms with Crippen LogP contribution in [0.5, 0.6) is 0 Å². The summed E-state index contributed by atoms with van der Waals surface area (Å²) in [5.41, 5.74) is -0.591. The first-order valence-corrected chi connectivity index (χ1v) is 7.50. The van der Waals surface area contributed by atoms with Gasteiger partial charge in [-0.3, -0.25) is 0 Å². The second-order valence-electron chi connectivity index (χ2n) is 6.48. The smallest absolute Gasteiger partial charge is 0.0746 e. The fourth-order valence-corrected chi connectivity index (χ4v) is 2.90. The van der Waals surface area contributed by atoms with Gasteiger partial charge in [-0.15, -0.1) is 0 Å². The third-order valence-corrected chi connectivity index (χ3v) is 3.60. The standard InChI is InChI=1S/C15H31NO2/c1-5-6-14-9-13(7-8-18-14)16-11-15(4,17)10-12(2)3/h12-14,16-17H,5-11H2,1-4H3. The van der Waals surface area contributed by atoms with Gasteiger partial charge in [0.1, 0.15) is 0 Å². The average molecular weight is 257 g/mol. The molecule has 0 aromatic carbocycles. The molecular weight excluding hydrogens is 226 g/mol. The first kappa shape index (κ1) is 15.9. The molecule has 18 heavy (non-hydrogen) atoms. The molecule has 0 amide bonds. The highest BCUT2D eigenvalue weighted by Gasteiger charge is 2.26. The van der Waals surface area contributed by atoms with Gasteiger partial charge in [0, 0.05) is 19.2 Å². The Morgan fingerprint density at radius 2 is 2.17 bits per heavy atom. The van der Waals surface area contributed by atoms with Gasteiger partial charge in [0.05, 0.1) is 11.7 Å². The maximum atomic E-state index is 10.3. The molecule has 0 radical (unpaired) electrons. The number of nitrogens with one attached hydrogen (secondary N) is 1. The van der Waals surface area contributed by atoms with E-state index in [9.17, 15) is 5.11 Å². The molecule has 1 aliphatic rings. The average Bonchev–Trinajstić information content (AvgIpc) is 2.26. The van der Waals surface area contributed by atoms with Crippen molar-refractivity contribution in [1.82, 2.24) is 5.32 Å². The zero-order valence-corrected chi connectivity index (χ0v) is 12.5. The van der Waals surface area contributed by atoms with E-state index < -0.39 is 5.60 Å². The van der Waals surface area contributed by atoms with Crippen molar-refractivity contribution in [2.75, 3.05) is 13.2 Å². The summed E-state index contributed by atoms with van der Waals surface area (Å²) in [5, 5.41) is 13.8. The predicted octanol–water partition coefficient (Wildman–Crippen LogP) is 2.72. The second kappa shape index (κ2) is 7.46. The van der Waals surface area contributed by atoms with Crippen molar-refractivity contribution in [3.05, 3.63) is 0 Å². The highest BCUT2D eigenvalue weighted by atomic mass is 16.5. The van der Waals surface area contributed by atoms with E-state index in [2.05, 4.69) is 26.1 Å². The van der Waals surface area contributed by atoms with Crippen LogP contribution in [0.3, 0.4) is 0 Å². The summed E-state index contributed by atoms with van der Waals surface area (Å²) in [6.07, 6.45) is 5.75. The monoisotopic (exact) mass is 257 g/mol. The van der Waals surface area contributed by atoms with Crippen molar-refractivity contribution in [2.24, 2.45) is 5.92 Å². The van der Waals surface area contributed by atoms with Crippen LogP contribution < -0.4 is 5.32 Å². The van der Waals surface area contributed by atoms with Crippen LogP contribution in [0.4, 0.5) is 0 Å². The van der Waals surface area contributed by atoms with Gasteiger partial charge in [-0.05, 0) is 38.5 Å². The zero-order chi connectivity index (χ0) is 13.6. The first-order valence-electron chi connectivity index (χ1n) is 7.50. The Bertz CT molecular complexity index is 227. The van der Waals surface area contributed by atoms with Gasteiger partial charge in [-0.2, -0.15) is 0 Å². The Morgan fingerprint density at radius 1 is 1.44 bits per heavy atom. The van der Waals surface area contributed by atoms with Crippen LogP contribution in [-0.4, -0.2) is 36.0 Å². The van der Waals surface area contributed by atoms with Gasteiger partial charge < -0.3 is 15.2 Å². The summed E-state index contributed by atoms with van der Waals surface area (Å²) >= 11 is 0. The number of hydrogen-bond acceptors (Lipinski definition) is 3. The summed E-state index contributed by atoms with van der Waals surface area (Å²) in [4.78, 5) is 0. The lowest BCUT2D eigenvalue weighted by atomic mass is 9.93. The third-order valence-electron chi connectivity index (χ3n) is 3.60. The molecule has 0 aliphatic carbocycles. The first-order chi connectivity index (χ1) is 8.43. The topological polar surface area (TPSA) is 41.5 Å². The third kappa shape index (κ3) is 6.17. The summed E-state index contributed by atoms with van der Waals surface area (Å²) in [6.45, 7) is 9.99. The highest BCUT2D eigenvalue weighted by Crippen LogP contribution is 2.20. The van der Waals surface area contributed by atoms with Crippen LogP contribution in [0.25, 0.3) is 0 Å². The Balaban J connectivity index is 2.29. The van der Waals surface area contributed by atoms with Crippen molar-refractivity contribution >= 4 is 0 Å². The molecule has 0 spiro atoms. The van der Waals surface area contributed by atoms with Crippen molar-refractivity contribution in [1.29, 1.82) is 0 Å². The van der Waals surface area contributed by atoms with Crippen LogP contribution in [-0.2, 0) is 4.74 Å². The van der Waals surface area contributed by atoms with Gasteiger partial charge in [0.2, 0.25) is 0 Å². The number of aliphatic hydroxyl groups is 1. The van der Waals surface area contributed by atoms with Crippen molar-refractivity contribution < 1.29 is 9.84 Å². The molecule has 1 rings (SSSR count). The minimum atomic E-state index is -0.591. The SMILES string of the molecule is CCCC1CC(NCC(C)(O)CC(C)C)CCO1. The lowest BCUT2D eigenvalue weighted by Gasteiger charge is -2.33. The summed E-state index contributed by atoms with van der Waals surface area (Å²) in [7, 11) is 0. The van der Waals surface area contributed by atoms with E-state index >= 15 is 0 Å². The van der Waals surface area contributed by atoms with Crippen LogP contribution in [0.1, 0.15) is 59.8 Å². The Hall–Kier alpha value is -0.120. The fourth-order valence-electron chi connectivity index (χ4n) is 2.90. The van der Waals surface area contributed by atoms with Crippen molar-refractivity contribution in [3.63, 3.8) is 0 Å². The van der Waals surface area contributed by atoms with Crippen LogP contribution in [0.2, 0.25) is 0 Å². The molecule has 1 saturated heterocycles.